The largest absolute Gasteiger partial charge is 0.494 e. The van der Waals surface area contributed by atoms with Gasteiger partial charge < -0.3 is 9.30 Å². The Morgan fingerprint density at radius 1 is 1.00 bits per heavy atom. The highest BCUT2D eigenvalue weighted by Gasteiger charge is 2.10. The molecule has 0 unspecified atom stereocenters. The molecular formula is C23H26N4O3S. The third-order valence-electron chi connectivity index (χ3n) is 4.67. The van der Waals surface area contributed by atoms with E-state index in [4.69, 9.17) is 17.0 Å². The fraction of sp³-hybridized carbons (Fsp3) is 0.261. The Morgan fingerprint density at radius 3 is 2.55 bits per heavy atom. The van der Waals surface area contributed by atoms with Crippen LogP contribution in [0.2, 0.25) is 0 Å². The third kappa shape index (κ3) is 6.55. The van der Waals surface area contributed by atoms with Gasteiger partial charge >= 0.3 is 0 Å². The van der Waals surface area contributed by atoms with E-state index in [0.29, 0.717) is 12.2 Å². The first-order valence-corrected chi connectivity index (χ1v) is 10.6. The molecule has 7 nitrogen and oxygen atoms in total. The molecule has 3 rings (SSSR count). The molecule has 0 saturated heterocycles. The lowest BCUT2D eigenvalue weighted by Gasteiger charge is -2.12. The van der Waals surface area contributed by atoms with Crippen LogP contribution in [0.1, 0.15) is 36.5 Å². The number of thiocarbonyl (C=S) groups is 1. The lowest BCUT2D eigenvalue weighted by Crippen LogP contribution is -2.49. The molecule has 2 aromatic carbocycles. The molecular weight excluding hydrogens is 412 g/mol. The van der Waals surface area contributed by atoms with Crippen LogP contribution in [0.3, 0.4) is 0 Å². The summed E-state index contributed by atoms with van der Waals surface area (Å²) in [7, 11) is 0. The molecule has 3 N–H and O–H groups in total. The Morgan fingerprint density at radius 2 is 1.77 bits per heavy atom. The zero-order valence-electron chi connectivity index (χ0n) is 17.4. The first-order chi connectivity index (χ1) is 15.1. The van der Waals surface area contributed by atoms with Crippen LogP contribution in [0.5, 0.6) is 5.75 Å². The molecule has 0 fully saturated rings. The highest BCUT2D eigenvalue weighted by atomic mass is 32.1. The smallest absolute Gasteiger partial charge is 0.258 e. The summed E-state index contributed by atoms with van der Waals surface area (Å²) in [4.78, 5) is 24.5. The van der Waals surface area contributed by atoms with E-state index in [-0.39, 0.29) is 23.5 Å². The quantitative estimate of drug-likeness (QED) is 0.285. The van der Waals surface area contributed by atoms with Crippen LogP contribution < -0.4 is 20.9 Å². The van der Waals surface area contributed by atoms with Crippen molar-refractivity contribution in [1.29, 1.82) is 0 Å². The van der Waals surface area contributed by atoms with E-state index in [0.717, 1.165) is 35.9 Å². The first-order valence-electron chi connectivity index (χ1n) is 10.2. The number of aromatic nitrogens is 1. The second-order valence-electron chi connectivity index (χ2n) is 7.04. The van der Waals surface area contributed by atoms with Gasteiger partial charge in [0.05, 0.1) is 6.61 Å². The number of ether oxygens (including phenoxy) is 1. The molecule has 162 valence electrons. The average Bonchev–Trinajstić information content (AvgIpc) is 3.18. The number of carbonyl (C=O) groups excluding carboxylic acids is 2. The van der Waals surface area contributed by atoms with Crippen molar-refractivity contribution >= 4 is 40.0 Å². The second-order valence-corrected chi connectivity index (χ2v) is 7.45. The van der Waals surface area contributed by atoms with Gasteiger partial charge in [0.25, 0.3) is 11.8 Å². The van der Waals surface area contributed by atoms with Crippen molar-refractivity contribution < 1.29 is 14.3 Å². The van der Waals surface area contributed by atoms with Gasteiger partial charge in [0.2, 0.25) is 0 Å². The van der Waals surface area contributed by atoms with Crippen molar-refractivity contribution in [3.05, 3.63) is 66.4 Å². The van der Waals surface area contributed by atoms with Gasteiger partial charge in [0, 0.05) is 17.3 Å². The van der Waals surface area contributed by atoms with Gasteiger partial charge in [-0.3, -0.25) is 25.8 Å². The molecule has 0 aliphatic heterocycles. The summed E-state index contributed by atoms with van der Waals surface area (Å²) < 4.78 is 7.47. The first kappa shape index (κ1) is 22.3. The number of carbonyl (C=O) groups is 2. The maximum atomic E-state index is 12.3. The SMILES string of the molecule is CCCCCOc1ccc(C(=O)NC(=S)NNC(=O)Cn2ccc3ccccc32)cc1. The van der Waals surface area contributed by atoms with E-state index in [1.807, 2.05) is 41.1 Å². The molecule has 0 saturated carbocycles. The van der Waals surface area contributed by atoms with E-state index < -0.39 is 0 Å². The maximum absolute atomic E-state index is 12.3. The average molecular weight is 439 g/mol. The summed E-state index contributed by atoms with van der Waals surface area (Å²) in [5, 5.41) is 3.61. The van der Waals surface area contributed by atoms with Crippen molar-refractivity contribution in [2.24, 2.45) is 0 Å². The van der Waals surface area contributed by atoms with Crippen LogP contribution in [0.4, 0.5) is 0 Å². The molecule has 0 radical (unpaired) electrons. The highest BCUT2D eigenvalue weighted by molar-refractivity contribution is 7.80. The lowest BCUT2D eigenvalue weighted by molar-refractivity contribution is -0.122. The predicted molar refractivity (Wildman–Crippen MR) is 125 cm³/mol. The summed E-state index contributed by atoms with van der Waals surface area (Å²) in [5.74, 6) is 0.0568. The van der Waals surface area contributed by atoms with Crippen LogP contribution >= 0.6 is 12.2 Å². The van der Waals surface area contributed by atoms with Crippen LogP contribution in [0.25, 0.3) is 10.9 Å². The number of hydrogen-bond donors (Lipinski definition) is 3. The van der Waals surface area contributed by atoms with E-state index >= 15 is 0 Å². The standard InChI is InChI=1S/C23H26N4O3S/c1-2-3-6-15-30-19-11-9-18(10-12-19)22(29)24-23(31)26-25-21(28)16-27-14-13-17-7-4-5-8-20(17)27/h4-5,7-14H,2-3,6,15-16H2,1H3,(H,25,28)(H2,24,26,29,31). The molecule has 0 bridgehead atoms. The number of fused-ring (bicyclic) bond motifs is 1. The number of rotatable bonds is 8. The number of nitrogens with one attached hydrogen (secondary N) is 3. The lowest BCUT2D eigenvalue weighted by atomic mass is 10.2. The number of unbranched alkanes of at least 4 members (excludes halogenated alkanes) is 2. The van der Waals surface area contributed by atoms with Gasteiger partial charge in [-0.1, -0.05) is 38.0 Å². The van der Waals surface area contributed by atoms with Gasteiger partial charge in [-0.05, 0) is 60.4 Å². The Labute approximate surface area is 186 Å². The summed E-state index contributed by atoms with van der Waals surface area (Å²) in [6.07, 6.45) is 5.12. The molecule has 2 amide bonds. The topological polar surface area (TPSA) is 84.4 Å². The minimum Gasteiger partial charge on any atom is -0.494 e. The zero-order chi connectivity index (χ0) is 22.1. The normalized spacial score (nSPS) is 10.5. The number of amides is 2. The van der Waals surface area contributed by atoms with Gasteiger partial charge in [0.15, 0.2) is 5.11 Å². The van der Waals surface area contributed by atoms with Gasteiger partial charge in [0.1, 0.15) is 12.3 Å². The molecule has 3 aromatic rings. The minimum absolute atomic E-state index is 0.00982. The van der Waals surface area contributed by atoms with Crippen molar-refractivity contribution in [3.8, 4) is 5.75 Å². The second kappa shape index (κ2) is 11.1. The number of hydrogen-bond acceptors (Lipinski definition) is 4. The summed E-state index contributed by atoms with van der Waals surface area (Å²) in [6, 6.07) is 16.6. The molecule has 0 aliphatic rings. The number of hydrazine groups is 1. The Hall–Kier alpha value is -3.39. The van der Waals surface area contributed by atoms with Gasteiger partial charge in [-0.15, -0.1) is 0 Å². The van der Waals surface area contributed by atoms with Crippen LogP contribution in [-0.4, -0.2) is 28.1 Å². The monoisotopic (exact) mass is 438 g/mol. The van der Waals surface area contributed by atoms with Gasteiger partial charge in [-0.2, -0.15) is 0 Å². The Balaban J connectivity index is 1.42. The van der Waals surface area contributed by atoms with Crippen molar-refractivity contribution in [3.63, 3.8) is 0 Å². The van der Waals surface area contributed by atoms with Crippen LogP contribution in [0, 0.1) is 0 Å². The van der Waals surface area contributed by atoms with E-state index in [2.05, 4.69) is 23.1 Å². The fourth-order valence-corrected chi connectivity index (χ4v) is 3.19. The molecule has 1 heterocycles. The van der Waals surface area contributed by atoms with E-state index in [1.54, 1.807) is 24.3 Å². The molecule has 8 heteroatoms. The number of nitrogens with zero attached hydrogens (tertiary/aromatic N) is 1. The minimum atomic E-state index is -0.374. The van der Waals surface area contributed by atoms with E-state index in [9.17, 15) is 9.59 Å². The summed E-state index contributed by atoms with van der Waals surface area (Å²) in [5.41, 5.74) is 6.46. The van der Waals surface area contributed by atoms with Crippen LogP contribution in [0.15, 0.2) is 60.8 Å². The number of para-hydroxylation sites is 1. The number of benzene rings is 2. The molecule has 31 heavy (non-hydrogen) atoms. The van der Waals surface area contributed by atoms with Crippen molar-refractivity contribution in [1.82, 2.24) is 20.7 Å². The maximum Gasteiger partial charge on any atom is 0.258 e. The molecule has 0 aliphatic carbocycles. The van der Waals surface area contributed by atoms with E-state index in [1.165, 1.54) is 0 Å². The summed E-state index contributed by atoms with van der Waals surface area (Å²) >= 11 is 5.09. The molecule has 0 spiro atoms. The predicted octanol–water partition coefficient (Wildman–Crippen LogP) is 3.55. The van der Waals surface area contributed by atoms with Crippen molar-refractivity contribution in [2.45, 2.75) is 32.7 Å². The third-order valence-corrected chi connectivity index (χ3v) is 4.87. The Kier molecular flexibility index (Phi) is 8.00. The fourth-order valence-electron chi connectivity index (χ4n) is 3.05. The van der Waals surface area contributed by atoms with Crippen molar-refractivity contribution in [2.75, 3.05) is 6.61 Å². The highest BCUT2D eigenvalue weighted by Crippen LogP contribution is 2.15. The molecule has 1 aromatic heterocycles. The van der Waals surface area contributed by atoms with Crippen LogP contribution in [-0.2, 0) is 11.3 Å². The zero-order valence-corrected chi connectivity index (χ0v) is 18.2. The summed E-state index contributed by atoms with van der Waals surface area (Å²) in [6.45, 7) is 2.92. The molecule has 0 atom stereocenters. The Bertz CT molecular complexity index is 1050. The van der Waals surface area contributed by atoms with Gasteiger partial charge in [-0.25, -0.2) is 0 Å².